The third-order valence-corrected chi connectivity index (χ3v) is 6.87. The highest BCUT2D eigenvalue weighted by Gasteiger charge is 2.63. The van der Waals surface area contributed by atoms with E-state index in [4.69, 9.17) is 0 Å². The van der Waals surface area contributed by atoms with Gasteiger partial charge in [0.1, 0.15) is 0 Å². The number of amides is 2. The number of imide groups is 1. The summed E-state index contributed by atoms with van der Waals surface area (Å²) in [5.74, 6) is -1.88. The Morgan fingerprint density at radius 3 is 2.35 bits per heavy atom. The highest BCUT2D eigenvalue weighted by molar-refractivity contribution is 6.24. The summed E-state index contributed by atoms with van der Waals surface area (Å²) >= 11 is 0. The Labute approximate surface area is 179 Å². The van der Waals surface area contributed by atoms with Gasteiger partial charge in [-0.05, 0) is 47.0 Å². The Bertz CT molecular complexity index is 1310. The van der Waals surface area contributed by atoms with Crippen molar-refractivity contribution in [1.82, 2.24) is 4.90 Å². The number of Topliss-reactive ketones (excluding diaryl/α,β-unsaturated/α-hetero) is 1. The van der Waals surface area contributed by atoms with Crippen molar-refractivity contribution >= 4 is 40.1 Å². The van der Waals surface area contributed by atoms with E-state index in [9.17, 15) is 14.4 Å². The predicted molar refractivity (Wildman–Crippen MR) is 118 cm³/mol. The van der Waals surface area contributed by atoms with Gasteiger partial charge in [-0.15, -0.1) is 0 Å². The van der Waals surface area contributed by atoms with Gasteiger partial charge < -0.3 is 4.90 Å². The molecule has 3 heterocycles. The topological polar surface area (TPSA) is 57.7 Å². The first-order valence-corrected chi connectivity index (χ1v) is 10.5. The number of ketones is 1. The number of benzene rings is 3. The molecule has 2 fully saturated rings. The number of fused-ring (bicyclic) bond motifs is 6. The molecule has 5 nitrogen and oxygen atoms in total. The van der Waals surface area contributed by atoms with Crippen molar-refractivity contribution in [3.63, 3.8) is 0 Å². The number of carbonyl (C=O) groups excluding carboxylic acids is 3. The van der Waals surface area contributed by atoms with Crippen molar-refractivity contribution in [3.05, 3.63) is 84.1 Å². The van der Waals surface area contributed by atoms with E-state index in [1.807, 2.05) is 83.9 Å². The molecule has 3 aromatic carbocycles. The van der Waals surface area contributed by atoms with Gasteiger partial charge in [-0.2, -0.15) is 0 Å². The van der Waals surface area contributed by atoms with Gasteiger partial charge in [-0.1, -0.05) is 54.6 Å². The normalized spacial score (nSPS) is 26.2. The van der Waals surface area contributed by atoms with Crippen LogP contribution in [-0.2, 0) is 14.4 Å². The Balaban J connectivity index is 1.49. The Kier molecular flexibility index (Phi) is 3.72. The molecule has 0 bridgehead atoms. The van der Waals surface area contributed by atoms with E-state index < -0.39 is 17.9 Å². The molecule has 0 aromatic heterocycles. The van der Waals surface area contributed by atoms with Gasteiger partial charge >= 0.3 is 0 Å². The van der Waals surface area contributed by atoms with E-state index in [1.54, 1.807) is 0 Å². The average molecular weight is 408 g/mol. The Morgan fingerprint density at radius 1 is 0.839 bits per heavy atom. The molecule has 3 aliphatic heterocycles. The van der Waals surface area contributed by atoms with Crippen LogP contribution in [0.3, 0.4) is 0 Å². The lowest BCUT2D eigenvalue weighted by Gasteiger charge is -2.35. The summed E-state index contributed by atoms with van der Waals surface area (Å²) in [6.07, 6.45) is 3.83. The van der Waals surface area contributed by atoms with Crippen LogP contribution in [0.5, 0.6) is 0 Å². The maximum absolute atomic E-state index is 13.7. The standard InChI is InChI=1S/C26H20N2O3/c1-15(29)23-21-22(24-20-9-5-4-7-17(20)12-13-27(23)24)26(31)28(25(21)30)19-11-10-16-6-2-3-8-18(16)14-19/h2-14,21-24H,1H3/t21-,22+,23-,24-/m1/s1. The van der Waals surface area contributed by atoms with Crippen LogP contribution < -0.4 is 4.90 Å². The van der Waals surface area contributed by atoms with Crippen LogP contribution in [0, 0.1) is 11.8 Å². The van der Waals surface area contributed by atoms with E-state index in [-0.39, 0.29) is 23.6 Å². The monoisotopic (exact) mass is 408 g/mol. The molecule has 2 amide bonds. The van der Waals surface area contributed by atoms with Crippen LogP contribution in [0.2, 0.25) is 0 Å². The van der Waals surface area contributed by atoms with Crippen LogP contribution in [-0.4, -0.2) is 28.5 Å². The highest BCUT2D eigenvalue weighted by Crippen LogP contribution is 2.53. The van der Waals surface area contributed by atoms with Crippen LogP contribution in [0.4, 0.5) is 5.69 Å². The summed E-state index contributed by atoms with van der Waals surface area (Å²) in [6, 6.07) is 20.4. The summed E-state index contributed by atoms with van der Waals surface area (Å²) in [7, 11) is 0. The SMILES string of the molecule is CC(=O)[C@@H]1[C@@H]2C(=O)N(c3ccc4ccccc4c3)C(=O)[C@@H]2[C@H]2c3ccccc3C=CN12. The van der Waals surface area contributed by atoms with Crippen LogP contribution in [0.25, 0.3) is 16.8 Å². The first-order chi connectivity index (χ1) is 15.1. The summed E-state index contributed by atoms with van der Waals surface area (Å²) in [6.45, 7) is 1.51. The molecule has 0 saturated carbocycles. The molecule has 0 N–H and O–H groups in total. The predicted octanol–water partition coefficient (Wildman–Crippen LogP) is 3.94. The van der Waals surface area contributed by atoms with E-state index in [0.29, 0.717) is 5.69 Å². The van der Waals surface area contributed by atoms with Crippen LogP contribution >= 0.6 is 0 Å². The van der Waals surface area contributed by atoms with Crippen molar-refractivity contribution in [2.24, 2.45) is 11.8 Å². The molecule has 0 spiro atoms. The van der Waals surface area contributed by atoms with E-state index in [2.05, 4.69) is 0 Å². The van der Waals surface area contributed by atoms with Crippen molar-refractivity contribution in [2.45, 2.75) is 19.0 Å². The van der Waals surface area contributed by atoms with Gasteiger partial charge in [0.2, 0.25) is 11.8 Å². The minimum Gasteiger partial charge on any atom is -0.359 e. The molecular formula is C26H20N2O3. The zero-order chi connectivity index (χ0) is 21.3. The van der Waals surface area contributed by atoms with Crippen LogP contribution in [0.15, 0.2) is 72.9 Å². The highest BCUT2D eigenvalue weighted by atomic mass is 16.2. The average Bonchev–Trinajstić information content (AvgIpc) is 3.26. The fraction of sp³-hybridized carbons (Fsp3) is 0.192. The largest absolute Gasteiger partial charge is 0.359 e. The van der Waals surface area contributed by atoms with Gasteiger partial charge in [0.15, 0.2) is 5.78 Å². The van der Waals surface area contributed by atoms with Gasteiger partial charge in [0.25, 0.3) is 0 Å². The maximum atomic E-state index is 13.7. The van der Waals surface area contributed by atoms with Gasteiger partial charge in [-0.25, -0.2) is 4.90 Å². The van der Waals surface area contributed by atoms with E-state index in [1.165, 1.54) is 11.8 Å². The van der Waals surface area contributed by atoms with Crippen molar-refractivity contribution in [1.29, 1.82) is 0 Å². The quantitative estimate of drug-likeness (QED) is 0.603. The minimum atomic E-state index is -0.683. The maximum Gasteiger partial charge on any atom is 0.240 e. The molecule has 2 saturated heterocycles. The molecule has 6 rings (SSSR count). The first-order valence-electron chi connectivity index (χ1n) is 10.5. The first kappa shape index (κ1) is 18.1. The van der Waals surface area contributed by atoms with Crippen LogP contribution in [0.1, 0.15) is 24.1 Å². The summed E-state index contributed by atoms with van der Waals surface area (Å²) in [5.41, 5.74) is 2.58. The molecule has 0 aliphatic carbocycles. The molecule has 152 valence electrons. The lowest BCUT2D eigenvalue weighted by molar-refractivity contribution is -0.129. The molecule has 5 heteroatoms. The number of nitrogens with zero attached hydrogens (tertiary/aromatic N) is 2. The van der Waals surface area contributed by atoms with Crippen molar-refractivity contribution < 1.29 is 14.4 Å². The zero-order valence-corrected chi connectivity index (χ0v) is 16.9. The minimum absolute atomic E-state index is 0.0944. The Morgan fingerprint density at radius 2 is 1.55 bits per heavy atom. The lowest BCUT2D eigenvalue weighted by atomic mass is 9.84. The third-order valence-electron chi connectivity index (χ3n) is 6.87. The number of hydrogen-bond acceptors (Lipinski definition) is 4. The Hall–Kier alpha value is -3.73. The second-order valence-electron chi connectivity index (χ2n) is 8.49. The van der Waals surface area contributed by atoms with Crippen molar-refractivity contribution in [3.8, 4) is 0 Å². The fourth-order valence-corrected chi connectivity index (χ4v) is 5.59. The summed E-state index contributed by atoms with van der Waals surface area (Å²) in [4.78, 5) is 43.2. The molecule has 3 aliphatic rings. The summed E-state index contributed by atoms with van der Waals surface area (Å²) in [5, 5.41) is 2.01. The van der Waals surface area contributed by atoms with Gasteiger partial charge in [0, 0.05) is 6.20 Å². The number of rotatable bonds is 2. The van der Waals surface area contributed by atoms with E-state index >= 15 is 0 Å². The second kappa shape index (κ2) is 6.38. The summed E-state index contributed by atoms with van der Waals surface area (Å²) < 4.78 is 0. The molecule has 0 radical (unpaired) electrons. The number of carbonyl (C=O) groups is 3. The second-order valence-corrected chi connectivity index (χ2v) is 8.49. The third kappa shape index (κ3) is 2.40. The number of hydrogen-bond donors (Lipinski definition) is 0. The van der Waals surface area contributed by atoms with E-state index in [0.717, 1.165) is 21.9 Å². The smallest absolute Gasteiger partial charge is 0.240 e. The fourth-order valence-electron chi connectivity index (χ4n) is 5.59. The number of anilines is 1. The van der Waals surface area contributed by atoms with Gasteiger partial charge in [0.05, 0.1) is 29.6 Å². The van der Waals surface area contributed by atoms with Crippen molar-refractivity contribution in [2.75, 3.05) is 4.90 Å². The van der Waals surface area contributed by atoms with Gasteiger partial charge in [-0.3, -0.25) is 14.4 Å². The zero-order valence-electron chi connectivity index (χ0n) is 16.9. The lowest BCUT2D eigenvalue weighted by Crippen LogP contribution is -2.43. The molecule has 31 heavy (non-hydrogen) atoms. The molecule has 0 unspecified atom stereocenters. The molecule has 4 atom stereocenters. The molecular weight excluding hydrogens is 388 g/mol. The molecule has 3 aromatic rings.